The van der Waals surface area contributed by atoms with Crippen molar-refractivity contribution in [1.82, 2.24) is 0 Å². The van der Waals surface area contributed by atoms with Crippen LogP contribution in [-0.4, -0.2) is 59.9 Å². The Balaban J connectivity index is 4.61. The highest BCUT2D eigenvalue weighted by molar-refractivity contribution is 7.47. The lowest BCUT2D eigenvalue weighted by Crippen LogP contribution is -2.34. The van der Waals surface area contributed by atoms with Gasteiger partial charge in [-0.25, -0.2) is 4.57 Å². The lowest BCUT2D eigenvalue weighted by Gasteiger charge is -2.20. The lowest BCUT2D eigenvalue weighted by atomic mass is 10.1. The Labute approximate surface area is 324 Å². The van der Waals surface area contributed by atoms with Crippen LogP contribution in [0, 0.1) is 0 Å². The molecule has 0 aromatic rings. The van der Waals surface area contributed by atoms with E-state index in [1.807, 2.05) is 12.2 Å². The van der Waals surface area contributed by atoms with Crippen molar-refractivity contribution in [3.8, 4) is 0 Å². The zero-order valence-electron chi connectivity index (χ0n) is 32.5. The number of hydrogen-bond acceptors (Lipinski definition) is 9. The van der Waals surface area contributed by atoms with Crippen LogP contribution in [0.15, 0.2) is 97.2 Å². The van der Waals surface area contributed by atoms with Crippen LogP contribution in [0.4, 0.5) is 0 Å². The second-order valence-electron chi connectivity index (χ2n) is 12.3. The van der Waals surface area contributed by atoms with E-state index in [0.717, 1.165) is 70.6 Å². The summed E-state index contributed by atoms with van der Waals surface area (Å²) >= 11 is 0. The van der Waals surface area contributed by atoms with E-state index in [4.69, 9.17) is 24.8 Å². The standard InChI is InChI=1S/C42H66NO10P/c1-3-5-7-9-11-13-15-17-18-19-20-22-24-26-28-30-32-34-41(45)53-38(36-51-54(48,49)52-37-39(43)42(46)47)35-50-40(44)33-31-29-27-25-23-21-16-14-12-10-8-6-4-2/h5-8,11-14,17-18,20-23,26,28,38-39H,3-4,9-10,15-16,19,24-25,27,29-37,43H2,1-2H3,(H,46,47)(H,48,49)/b7-5-,8-6-,13-11-,14-12-,18-17-,22-20-,23-21-,28-26-. The van der Waals surface area contributed by atoms with E-state index in [1.165, 1.54) is 0 Å². The lowest BCUT2D eigenvalue weighted by molar-refractivity contribution is -0.161. The van der Waals surface area contributed by atoms with Gasteiger partial charge in [0.15, 0.2) is 6.10 Å². The average Bonchev–Trinajstić information content (AvgIpc) is 3.14. The van der Waals surface area contributed by atoms with Gasteiger partial charge in [-0.15, -0.1) is 0 Å². The molecule has 0 heterocycles. The average molecular weight is 776 g/mol. The number of ether oxygens (including phenoxy) is 2. The van der Waals surface area contributed by atoms with Gasteiger partial charge < -0.3 is 25.2 Å². The van der Waals surface area contributed by atoms with Gasteiger partial charge >= 0.3 is 25.7 Å². The van der Waals surface area contributed by atoms with E-state index in [2.05, 4.69) is 103 Å². The minimum absolute atomic E-state index is 0.0700. The molecule has 0 aliphatic carbocycles. The Morgan fingerprint density at radius 3 is 1.48 bits per heavy atom. The monoisotopic (exact) mass is 775 g/mol. The van der Waals surface area contributed by atoms with Crippen molar-refractivity contribution in [2.45, 2.75) is 129 Å². The third-order valence-electron chi connectivity index (χ3n) is 7.33. The summed E-state index contributed by atoms with van der Waals surface area (Å²) in [6, 6.07) is -1.54. The van der Waals surface area contributed by atoms with Gasteiger partial charge in [0.1, 0.15) is 12.6 Å². The predicted molar refractivity (Wildman–Crippen MR) is 217 cm³/mol. The molecule has 0 saturated heterocycles. The number of carbonyl (C=O) groups is 3. The van der Waals surface area contributed by atoms with E-state index >= 15 is 0 Å². The van der Waals surface area contributed by atoms with Crippen LogP contribution in [0.1, 0.15) is 117 Å². The molecule has 0 aliphatic rings. The summed E-state index contributed by atoms with van der Waals surface area (Å²) in [5.74, 6) is -2.51. The van der Waals surface area contributed by atoms with Gasteiger partial charge in [0.25, 0.3) is 0 Å². The Hall–Kier alpha value is -3.60. The van der Waals surface area contributed by atoms with Crippen molar-refractivity contribution >= 4 is 25.7 Å². The largest absolute Gasteiger partial charge is 0.480 e. The normalized spacial score (nSPS) is 14.9. The minimum Gasteiger partial charge on any atom is -0.480 e. The number of carboxylic acids is 1. The van der Waals surface area contributed by atoms with Crippen LogP contribution in [0.5, 0.6) is 0 Å². The molecule has 3 atom stereocenters. The zero-order valence-corrected chi connectivity index (χ0v) is 33.4. The van der Waals surface area contributed by atoms with Crippen molar-refractivity contribution in [2.75, 3.05) is 19.8 Å². The Morgan fingerprint density at radius 2 is 1.00 bits per heavy atom. The van der Waals surface area contributed by atoms with Gasteiger partial charge in [-0.3, -0.25) is 23.4 Å². The molecule has 11 nitrogen and oxygen atoms in total. The highest BCUT2D eigenvalue weighted by Crippen LogP contribution is 2.43. The topological polar surface area (TPSA) is 172 Å². The van der Waals surface area contributed by atoms with Crippen LogP contribution >= 0.6 is 7.82 Å². The van der Waals surface area contributed by atoms with E-state index in [1.54, 1.807) is 0 Å². The summed E-state index contributed by atoms with van der Waals surface area (Å²) in [7, 11) is -4.74. The maximum Gasteiger partial charge on any atom is 0.472 e. The minimum atomic E-state index is -4.74. The molecule has 12 heteroatoms. The summed E-state index contributed by atoms with van der Waals surface area (Å²) in [6.07, 6.45) is 44.9. The molecule has 0 aromatic heterocycles. The fraction of sp³-hybridized carbons (Fsp3) is 0.548. The van der Waals surface area contributed by atoms with E-state index in [0.29, 0.717) is 19.3 Å². The molecule has 0 aliphatic heterocycles. The molecule has 0 saturated carbocycles. The molecule has 0 radical (unpaired) electrons. The van der Waals surface area contributed by atoms with Gasteiger partial charge in [-0.2, -0.15) is 0 Å². The summed E-state index contributed by atoms with van der Waals surface area (Å²) in [5, 5.41) is 8.86. The first-order chi connectivity index (χ1) is 26.1. The number of esters is 2. The van der Waals surface area contributed by atoms with Gasteiger partial charge in [-0.05, 0) is 83.5 Å². The maximum absolute atomic E-state index is 12.6. The molecule has 0 bridgehead atoms. The highest BCUT2D eigenvalue weighted by atomic mass is 31.2. The second kappa shape index (κ2) is 36.4. The number of allylic oxidation sites excluding steroid dienone is 16. The zero-order chi connectivity index (χ0) is 40.0. The van der Waals surface area contributed by atoms with E-state index < -0.39 is 57.7 Å². The third-order valence-corrected chi connectivity index (χ3v) is 8.28. The van der Waals surface area contributed by atoms with Crippen molar-refractivity contribution < 1.29 is 47.5 Å². The number of hydrogen-bond donors (Lipinski definition) is 3. The van der Waals surface area contributed by atoms with Crippen molar-refractivity contribution in [2.24, 2.45) is 5.73 Å². The van der Waals surface area contributed by atoms with Gasteiger partial charge in [0.2, 0.25) is 0 Å². The molecule has 0 amide bonds. The number of rotatable bonds is 34. The number of nitrogens with two attached hydrogens (primary N) is 1. The number of carboxylic acid groups (broad SMARTS) is 1. The first kappa shape index (κ1) is 50.4. The molecule has 54 heavy (non-hydrogen) atoms. The van der Waals surface area contributed by atoms with Crippen LogP contribution in [-0.2, 0) is 37.5 Å². The molecular formula is C42H66NO10P. The number of phosphoric acid groups is 1. The molecule has 3 unspecified atom stereocenters. The van der Waals surface area contributed by atoms with E-state index in [-0.39, 0.29) is 12.8 Å². The quantitative estimate of drug-likeness (QED) is 0.0246. The number of aliphatic carboxylic acids is 1. The van der Waals surface area contributed by atoms with Crippen LogP contribution in [0.3, 0.4) is 0 Å². The third kappa shape index (κ3) is 35.4. The molecule has 0 aromatic carbocycles. The Morgan fingerprint density at radius 1 is 0.574 bits per heavy atom. The molecule has 0 spiro atoms. The smallest absolute Gasteiger partial charge is 0.472 e. The first-order valence-electron chi connectivity index (χ1n) is 19.3. The Bertz CT molecular complexity index is 1280. The highest BCUT2D eigenvalue weighted by Gasteiger charge is 2.28. The first-order valence-corrected chi connectivity index (χ1v) is 20.8. The summed E-state index contributed by atoms with van der Waals surface area (Å²) < 4.78 is 32.5. The van der Waals surface area contributed by atoms with Gasteiger partial charge in [0, 0.05) is 12.8 Å². The Kier molecular flexibility index (Phi) is 34.0. The van der Waals surface area contributed by atoms with Crippen LogP contribution in [0.2, 0.25) is 0 Å². The second-order valence-corrected chi connectivity index (χ2v) is 13.7. The fourth-order valence-corrected chi connectivity index (χ4v) is 5.13. The molecule has 0 rings (SSSR count). The van der Waals surface area contributed by atoms with Crippen molar-refractivity contribution in [3.05, 3.63) is 97.2 Å². The SMILES string of the molecule is CC/C=C\C/C=C\C/C=C\C/C=C\C/C=C\CCCC(=O)OC(COC(=O)CCCCC/C=C\C/C=C\C/C=C\CC)COP(=O)(O)OCC(N)C(=O)O. The molecule has 0 fully saturated rings. The van der Waals surface area contributed by atoms with Crippen LogP contribution < -0.4 is 5.73 Å². The number of unbranched alkanes of at least 4 members (excludes halogenated alkanes) is 4. The van der Waals surface area contributed by atoms with Crippen LogP contribution in [0.25, 0.3) is 0 Å². The molecule has 304 valence electrons. The number of phosphoric ester groups is 1. The van der Waals surface area contributed by atoms with Gasteiger partial charge in [-0.1, -0.05) is 117 Å². The maximum atomic E-state index is 12.6. The fourth-order valence-electron chi connectivity index (χ4n) is 4.35. The number of carbonyl (C=O) groups excluding carboxylic acids is 2. The molecular weight excluding hydrogens is 709 g/mol. The predicted octanol–water partition coefficient (Wildman–Crippen LogP) is 9.72. The van der Waals surface area contributed by atoms with Crippen molar-refractivity contribution in [3.63, 3.8) is 0 Å². The summed E-state index contributed by atoms with van der Waals surface area (Å²) in [5.41, 5.74) is 5.31. The summed E-state index contributed by atoms with van der Waals surface area (Å²) in [6.45, 7) is 2.44. The van der Waals surface area contributed by atoms with Gasteiger partial charge in [0.05, 0.1) is 13.2 Å². The van der Waals surface area contributed by atoms with E-state index in [9.17, 15) is 23.8 Å². The van der Waals surface area contributed by atoms with Crippen molar-refractivity contribution in [1.29, 1.82) is 0 Å². The molecule has 4 N–H and O–H groups in total. The summed E-state index contributed by atoms with van der Waals surface area (Å²) in [4.78, 5) is 45.8.